The van der Waals surface area contributed by atoms with Crippen molar-refractivity contribution >= 4 is 21.8 Å². The number of esters is 1. The predicted molar refractivity (Wildman–Crippen MR) is 98.3 cm³/mol. The van der Waals surface area contributed by atoms with Crippen LogP contribution in [-0.4, -0.2) is 36.6 Å². The quantitative estimate of drug-likeness (QED) is 0.148. The molecule has 12 heteroatoms. The molecular formula is C15H21N7O4S. The average molecular weight is 395 g/mol. The lowest BCUT2D eigenvalue weighted by Crippen LogP contribution is -2.26. The second-order valence-corrected chi connectivity index (χ2v) is 6.93. The third-order valence-electron chi connectivity index (χ3n) is 3.57. The van der Waals surface area contributed by atoms with Crippen LogP contribution < -0.4 is 22.3 Å². The highest BCUT2D eigenvalue weighted by atomic mass is 32.2. The monoisotopic (exact) mass is 395 g/mol. The Labute approximate surface area is 156 Å². The smallest absolute Gasteiger partial charge is 0.307 e. The molecule has 1 aromatic carbocycles. The van der Waals surface area contributed by atoms with E-state index in [1.165, 1.54) is 23.0 Å². The zero-order valence-electron chi connectivity index (χ0n) is 14.6. The van der Waals surface area contributed by atoms with E-state index in [1.54, 1.807) is 19.2 Å². The van der Waals surface area contributed by atoms with E-state index in [0.29, 0.717) is 24.3 Å². The second-order valence-electron chi connectivity index (χ2n) is 5.40. The third-order valence-corrected chi connectivity index (χ3v) is 4.52. The van der Waals surface area contributed by atoms with Gasteiger partial charge in [-0.1, -0.05) is 12.1 Å². The van der Waals surface area contributed by atoms with Gasteiger partial charge < -0.3 is 10.5 Å². The van der Waals surface area contributed by atoms with E-state index in [0.717, 1.165) is 0 Å². The molecule has 0 saturated heterocycles. The van der Waals surface area contributed by atoms with Gasteiger partial charge in [0.05, 0.1) is 30.7 Å². The molecule has 0 unspecified atom stereocenters. The van der Waals surface area contributed by atoms with Crippen LogP contribution in [0.2, 0.25) is 0 Å². The molecule has 2 rings (SSSR count). The SMILES string of the molecule is CCOC(=O)CCn1cc(-c2cccc(S(N)(=O)=O)c2/C(N)=N/NN)cn1. The van der Waals surface area contributed by atoms with Crippen molar-refractivity contribution in [3.63, 3.8) is 0 Å². The van der Waals surface area contributed by atoms with E-state index in [-0.39, 0.29) is 28.7 Å². The molecule has 27 heavy (non-hydrogen) atoms. The van der Waals surface area contributed by atoms with Gasteiger partial charge in [0.1, 0.15) is 0 Å². The molecular weight excluding hydrogens is 374 g/mol. The number of nitrogens with zero attached hydrogens (tertiary/aromatic N) is 3. The van der Waals surface area contributed by atoms with Gasteiger partial charge in [-0.25, -0.2) is 24.9 Å². The summed E-state index contributed by atoms with van der Waals surface area (Å²) < 4.78 is 30.3. The van der Waals surface area contributed by atoms with Gasteiger partial charge in [0.2, 0.25) is 10.0 Å². The number of amidine groups is 1. The summed E-state index contributed by atoms with van der Waals surface area (Å²) in [7, 11) is -4.07. The van der Waals surface area contributed by atoms with Crippen LogP contribution >= 0.6 is 0 Å². The van der Waals surface area contributed by atoms with Gasteiger partial charge in [-0.2, -0.15) is 5.10 Å². The number of sulfonamides is 1. The van der Waals surface area contributed by atoms with Crippen LogP contribution in [0.1, 0.15) is 18.9 Å². The van der Waals surface area contributed by atoms with Gasteiger partial charge in [-0.3, -0.25) is 9.48 Å². The van der Waals surface area contributed by atoms with Crippen molar-refractivity contribution < 1.29 is 17.9 Å². The minimum absolute atomic E-state index is 0.0999. The van der Waals surface area contributed by atoms with Crippen molar-refractivity contribution in [2.45, 2.75) is 24.8 Å². The first-order valence-corrected chi connectivity index (χ1v) is 9.46. The van der Waals surface area contributed by atoms with Crippen molar-refractivity contribution in [1.29, 1.82) is 0 Å². The van der Waals surface area contributed by atoms with Crippen molar-refractivity contribution in [3.8, 4) is 11.1 Å². The topological polar surface area (TPSA) is 181 Å². The van der Waals surface area contributed by atoms with Crippen molar-refractivity contribution in [1.82, 2.24) is 15.3 Å². The van der Waals surface area contributed by atoms with Gasteiger partial charge in [0, 0.05) is 17.3 Å². The van der Waals surface area contributed by atoms with E-state index in [1.807, 2.05) is 5.53 Å². The first kappa shape index (κ1) is 20.4. The first-order chi connectivity index (χ1) is 12.8. The molecule has 0 atom stereocenters. The van der Waals surface area contributed by atoms with Crippen LogP contribution in [0.25, 0.3) is 11.1 Å². The number of hydrazone groups is 1. The zero-order valence-corrected chi connectivity index (χ0v) is 15.4. The summed E-state index contributed by atoms with van der Waals surface area (Å²) in [6, 6.07) is 4.49. The van der Waals surface area contributed by atoms with Gasteiger partial charge >= 0.3 is 5.97 Å². The lowest BCUT2D eigenvalue weighted by atomic mass is 10.0. The Morgan fingerprint density at radius 2 is 2.15 bits per heavy atom. The Hall–Kier alpha value is -2.96. The predicted octanol–water partition coefficient (Wildman–Crippen LogP) is -0.766. The molecule has 0 aliphatic carbocycles. The Morgan fingerprint density at radius 1 is 1.41 bits per heavy atom. The molecule has 2 aromatic rings. The number of aryl methyl sites for hydroxylation is 1. The standard InChI is InChI=1S/C15H21N7O4S/c1-2-26-13(23)6-7-22-9-10(8-19-22)11-4-3-5-12(27(18,24)25)14(11)15(16)20-21-17/h3-5,8-9,21H,2,6-7,17H2,1H3,(H2,16,20)(H2,18,24,25). The molecule has 1 heterocycles. The number of hydrogen-bond acceptors (Lipinski definition) is 8. The molecule has 0 spiro atoms. The van der Waals surface area contributed by atoms with E-state index in [9.17, 15) is 13.2 Å². The fourth-order valence-electron chi connectivity index (χ4n) is 2.46. The Kier molecular flexibility index (Phi) is 6.50. The lowest BCUT2D eigenvalue weighted by molar-refractivity contribution is -0.143. The molecule has 0 amide bonds. The number of nitrogens with one attached hydrogen (secondary N) is 1. The maximum atomic E-state index is 11.9. The number of carbonyl (C=O) groups excluding carboxylic acids is 1. The maximum Gasteiger partial charge on any atom is 0.307 e. The molecule has 1 aromatic heterocycles. The molecule has 11 nitrogen and oxygen atoms in total. The minimum Gasteiger partial charge on any atom is -0.466 e. The number of rotatable bonds is 8. The lowest BCUT2D eigenvalue weighted by Gasteiger charge is -2.12. The Balaban J connectivity index is 2.44. The molecule has 0 fully saturated rings. The molecule has 0 aliphatic rings. The van der Waals surface area contributed by atoms with Crippen LogP contribution in [0.5, 0.6) is 0 Å². The van der Waals surface area contributed by atoms with Gasteiger partial charge in [0.15, 0.2) is 5.84 Å². The summed E-state index contributed by atoms with van der Waals surface area (Å²) in [6.45, 7) is 2.34. The van der Waals surface area contributed by atoms with E-state index < -0.39 is 10.0 Å². The first-order valence-electron chi connectivity index (χ1n) is 7.91. The summed E-state index contributed by atoms with van der Waals surface area (Å²) in [5, 5.41) is 13.1. The minimum atomic E-state index is -4.07. The van der Waals surface area contributed by atoms with Gasteiger partial charge in [-0.15, -0.1) is 5.10 Å². The number of primary sulfonamides is 1. The molecule has 0 radical (unpaired) electrons. The van der Waals surface area contributed by atoms with E-state index >= 15 is 0 Å². The van der Waals surface area contributed by atoms with E-state index in [4.69, 9.17) is 21.5 Å². The molecule has 146 valence electrons. The number of carbonyl (C=O) groups is 1. The number of benzene rings is 1. The fraction of sp³-hybridized carbons (Fsp3) is 0.267. The summed E-state index contributed by atoms with van der Waals surface area (Å²) in [6.07, 6.45) is 3.31. The molecule has 0 aliphatic heterocycles. The Bertz CT molecular complexity index is 953. The third kappa shape index (κ3) is 5.03. The van der Waals surface area contributed by atoms with Crippen LogP contribution in [-0.2, 0) is 26.1 Å². The fourth-order valence-corrected chi connectivity index (χ4v) is 3.23. The van der Waals surface area contributed by atoms with Crippen LogP contribution in [0.3, 0.4) is 0 Å². The molecule has 0 bridgehead atoms. The Morgan fingerprint density at radius 3 is 2.78 bits per heavy atom. The number of hydrazine groups is 1. The largest absolute Gasteiger partial charge is 0.466 e. The summed E-state index contributed by atoms with van der Waals surface area (Å²) in [5.41, 5.74) is 9.02. The summed E-state index contributed by atoms with van der Waals surface area (Å²) >= 11 is 0. The normalized spacial score (nSPS) is 12.0. The van der Waals surface area contributed by atoms with Gasteiger partial charge in [-0.05, 0) is 18.6 Å². The van der Waals surface area contributed by atoms with Crippen LogP contribution in [0.15, 0.2) is 40.6 Å². The molecule has 7 N–H and O–H groups in total. The summed E-state index contributed by atoms with van der Waals surface area (Å²) in [5.74, 6) is 4.66. The number of nitrogens with two attached hydrogens (primary N) is 3. The number of ether oxygens (including phenoxy) is 1. The van der Waals surface area contributed by atoms with Crippen molar-refractivity contribution in [2.75, 3.05) is 6.61 Å². The van der Waals surface area contributed by atoms with Crippen molar-refractivity contribution in [3.05, 3.63) is 36.2 Å². The number of hydrogen-bond donors (Lipinski definition) is 4. The highest BCUT2D eigenvalue weighted by molar-refractivity contribution is 7.89. The highest BCUT2D eigenvalue weighted by Crippen LogP contribution is 2.28. The highest BCUT2D eigenvalue weighted by Gasteiger charge is 2.21. The number of aromatic nitrogens is 2. The summed E-state index contributed by atoms with van der Waals surface area (Å²) in [4.78, 5) is 11.3. The van der Waals surface area contributed by atoms with Crippen molar-refractivity contribution in [2.24, 2.45) is 21.8 Å². The van der Waals surface area contributed by atoms with Crippen LogP contribution in [0, 0.1) is 0 Å². The second kappa shape index (κ2) is 8.62. The zero-order chi connectivity index (χ0) is 20.0. The van der Waals surface area contributed by atoms with Crippen LogP contribution in [0.4, 0.5) is 0 Å². The van der Waals surface area contributed by atoms with Gasteiger partial charge in [0.25, 0.3) is 0 Å². The molecule has 0 saturated carbocycles. The average Bonchev–Trinajstić information content (AvgIpc) is 3.08. The van der Waals surface area contributed by atoms with E-state index in [2.05, 4.69) is 10.2 Å². The maximum absolute atomic E-state index is 11.9.